The van der Waals surface area contributed by atoms with Crippen molar-refractivity contribution in [3.8, 4) is 17.2 Å². The van der Waals surface area contributed by atoms with Gasteiger partial charge in [-0.2, -0.15) is 0 Å². The lowest BCUT2D eigenvalue weighted by Crippen LogP contribution is -2.23. The van der Waals surface area contributed by atoms with E-state index in [9.17, 15) is 9.59 Å². The molecule has 3 rings (SSSR count). The lowest BCUT2D eigenvalue weighted by atomic mass is 10.2. The highest BCUT2D eigenvalue weighted by Crippen LogP contribution is 2.24. The van der Waals surface area contributed by atoms with Crippen LogP contribution in [0.1, 0.15) is 15.9 Å². The van der Waals surface area contributed by atoms with Crippen molar-refractivity contribution in [2.24, 2.45) is 0 Å². The van der Waals surface area contributed by atoms with Crippen LogP contribution in [-0.2, 0) is 4.79 Å². The zero-order chi connectivity index (χ0) is 21.5. The van der Waals surface area contributed by atoms with Crippen LogP contribution in [0.2, 0.25) is 0 Å². The van der Waals surface area contributed by atoms with Gasteiger partial charge in [0.05, 0.1) is 0 Å². The summed E-state index contributed by atoms with van der Waals surface area (Å²) >= 11 is 0. The molecular weight excluding hydrogens is 380 g/mol. The van der Waals surface area contributed by atoms with E-state index in [2.05, 4.69) is 5.32 Å². The molecule has 3 aromatic rings. The molecule has 0 atom stereocenters. The fourth-order valence-electron chi connectivity index (χ4n) is 2.68. The quantitative estimate of drug-likeness (QED) is 0.629. The minimum Gasteiger partial charge on any atom is -0.484 e. The van der Waals surface area contributed by atoms with Crippen LogP contribution < -0.4 is 14.8 Å². The zero-order valence-electron chi connectivity index (χ0n) is 17.2. The SMILES string of the molecule is Cc1ccc(Oc2ccc(OCC(=O)Nc3cccc(C(=O)N(C)C)c3)cc2)cc1. The van der Waals surface area contributed by atoms with Crippen LogP contribution in [0.4, 0.5) is 5.69 Å². The van der Waals surface area contributed by atoms with Crippen LogP contribution in [0, 0.1) is 6.92 Å². The molecule has 6 heteroatoms. The third kappa shape index (κ3) is 5.85. The highest BCUT2D eigenvalue weighted by molar-refractivity contribution is 5.97. The Kier molecular flexibility index (Phi) is 6.70. The second kappa shape index (κ2) is 9.60. The number of benzene rings is 3. The van der Waals surface area contributed by atoms with E-state index in [1.54, 1.807) is 62.6 Å². The Morgan fingerprint density at radius 2 is 1.47 bits per heavy atom. The molecule has 6 nitrogen and oxygen atoms in total. The molecule has 0 unspecified atom stereocenters. The monoisotopic (exact) mass is 404 g/mol. The number of anilines is 1. The van der Waals surface area contributed by atoms with Gasteiger partial charge in [-0.3, -0.25) is 9.59 Å². The standard InChI is InChI=1S/C24H24N2O4/c1-17-7-9-21(10-8-17)30-22-13-11-20(12-14-22)29-16-23(27)25-19-6-4-5-18(15-19)24(28)26(2)3/h4-15H,16H2,1-3H3,(H,25,27). The normalized spacial score (nSPS) is 10.2. The third-order valence-electron chi connectivity index (χ3n) is 4.25. The number of rotatable bonds is 7. The molecule has 0 aromatic heterocycles. The van der Waals surface area contributed by atoms with Gasteiger partial charge in [0.25, 0.3) is 11.8 Å². The summed E-state index contributed by atoms with van der Waals surface area (Å²) in [4.78, 5) is 25.7. The molecule has 2 amide bonds. The third-order valence-corrected chi connectivity index (χ3v) is 4.25. The molecule has 0 aliphatic rings. The lowest BCUT2D eigenvalue weighted by Gasteiger charge is -2.12. The zero-order valence-corrected chi connectivity index (χ0v) is 17.2. The minimum atomic E-state index is -0.315. The maximum Gasteiger partial charge on any atom is 0.262 e. The van der Waals surface area contributed by atoms with E-state index in [0.717, 1.165) is 5.75 Å². The number of nitrogens with one attached hydrogen (secondary N) is 1. The van der Waals surface area contributed by atoms with Gasteiger partial charge in [-0.15, -0.1) is 0 Å². The van der Waals surface area contributed by atoms with E-state index in [1.165, 1.54) is 10.5 Å². The highest BCUT2D eigenvalue weighted by Gasteiger charge is 2.10. The van der Waals surface area contributed by atoms with Gasteiger partial charge in [-0.05, 0) is 61.5 Å². The summed E-state index contributed by atoms with van der Waals surface area (Å²) in [5.74, 6) is 1.54. The molecule has 0 radical (unpaired) electrons. The summed E-state index contributed by atoms with van der Waals surface area (Å²) in [5.41, 5.74) is 2.21. The number of carbonyl (C=O) groups is 2. The first-order chi connectivity index (χ1) is 14.4. The number of ether oxygens (including phenoxy) is 2. The predicted octanol–water partition coefficient (Wildman–Crippen LogP) is 4.51. The summed E-state index contributed by atoms with van der Waals surface area (Å²) in [6, 6.07) is 21.6. The second-order valence-corrected chi connectivity index (χ2v) is 7.00. The molecule has 0 saturated carbocycles. The molecule has 0 spiro atoms. The first-order valence-corrected chi connectivity index (χ1v) is 9.49. The van der Waals surface area contributed by atoms with Gasteiger partial charge in [-0.1, -0.05) is 23.8 Å². The van der Waals surface area contributed by atoms with E-state index in [-0.39, 0.29) is 18.4 Å². The summed E-state index contributed by atoms with van der Waals surface area (Å²) < 4.78 is 11.3. The Labute approximate surface area is 176 Å². The van der Waals surface area contributed by atoms with Gasteiger partial charge in [-0.25, -0.2) is 0 Å². The largest absolute Gasteiger partial charge is 0.484 e. The molecule has 0 heterocycles. The van der Waals surface area contributed by atoms with Crippen LogP contribution in [0.5, 0.6) is 17.2 Å². The highest BCUT2D eigenvalue weighted by atomic mass is 16.5. The van der Waals surface area contributed by atoms with Crippen LogP contribution in [0.15, 0.2) is 72.8 Å². The van der Waals surface area contributed by atoms with E-state index in [1.807, 2.05) is 31.2 Å². The van der Waals surface area contributed by atoms with Gasteiger partial charge >= 0.3 is 0 Å². The fraction of sp³-hybridized carbons (Fsp3) is 0.167. The van der Waals surface area contributed by atoms with E-state index < -0.39 is 0 Å². The molecule has 3 aromatic carbocycles. The van der Waals surface area contributed by atoms with Crippen molar-refractivity contribution in [3.63, 3.8) is 0 Å². The molecule has 0 saturated heterocycles. The number of nitrogens with zero attached hydrogens (tertiary/aromatic N) is 1. The molecule has 0 fully saturated rings. The molecule has 0 aliphatic carbocycles. The minimum absolute atomic E-state index is 0.129. The second-order valence-electron chi connectivity index (χ2n) is 7.00. The summed E-state index contributed by atoms with van der Waals surface area (Å²) in [6.07, 6.45) is 0. The average molecular weight is 404 g/mol. The van der Waals surface area contributed by atoms with E-state index >= 15 is 0 Å². The molecule has 1 N–H and O–H groups in total. The fourth-order valence-corrected chi connectivity index (χ4v) is 2.68. The number of hydrogen-bond donors (Lipinski definition) is 1. The van der Waals surface area contributed by atoms with E-state index in [4.69, 9.17) is 9.47 Å². The van der Waals surface area contributed by atoms with Crippen molar-refractivity contribution >= 4 is 17.5 Å². The Balaban J connectivity index is 1.52. The Morgan fingerprint density at radius 1 is 0.867 bits per heavy atom. The molecule has 0 bridgehead atoms. The van der Waals surface area contributed by atoms with Crippen molar-refractivity contribution in [2.75, 3.05) is 26.0 Å². The molecular formula is C24H24N2O4. The average Bonchev–Trinajstić information content (AvgIpc) is 2.74. The first kappa shape index (κ1) is 20.9. The number of carbonyl (C=O) groups excluding carboxylic acids is 2. The molecule has 30 heavy (non-hydrogen) atoms. The number of amides is 2. The maximum atomic E-state index is 12.2. The van der Waals surface area contributed by atoms with Gasteiger partial charge in [0.15, 0.2) is 6.61 Å². The van der Waals surface area contributed by atoms with Gasteiger partial charge in [0.2, 0.25) is 0 Å². The van der Waals surface area contributed by atoms with Gasteiger partial charge in [0, 0.05) is 25.3 Å². The van der Waals surface area contributed by atoms with Gasteiger partial charge < -0.3 is 19.7 Å². The van der Waals surface area contributed by atoms with Crippen LogP contribution in [0.3, 0.4) is 0 Å². The summed E-state index contributed by atoms with van der Waals surface area (Å²) in [6.45, 7) is 1.87. The topological polar surface area (TPSA) is 67.9 Å². The Hall–Kier alpha value is -3.80. The maximum absolute atomic E-state index is 12.2. The van der Waals surface area contributed by atoms with Crippen molar-refractivity contribution in [1.82, 2.24) is 4.90 Å². The van der Waals surface area contributed by atoms with Gasteiger partial charge in [0.1, 0.15) is 17.2 Å². The number of aryl methyl sites for hydroxylation is 1. The number of hydrogen-bond acceptors (Lipinski definition) is 4. The smallest absolute Gasteiger partial charge is 0.262 e. The van der Waals surface area contributed by atoms with Crippen LogP contribution in [0.25, 0.3) is 0 Å². The van der Waals surface area contributed by atoms with Crippen molar-refractivity contribution in [3.05, 3.63) is 83.9 Å². The van der Waals surface area contributed by atoms with Crippen LogP contribution >= 0.6 is 0 Å². The molecule has 0 aliphatic heterocycles. The van der Waals surface area contributed by atoms with Crippen molar-refractivity contribution in [2.45, 2.75) is 6.92 Å². The lowest BCUT2D eigenvalue weighted by molar-refractivity contribution is -0.118. The Morgan fingerprint density at radius 3 is 2.10 bits per heavy atom. The van der Waals surface area contributed by atoms with Crippen molar-refractivity contribution in [1.29, 1.82) is 0 Å². The van der Waals surface area contributed by atoms with Crippen LogP contribution in [-0.4, -0.2) is 37.4 Å². The predicted molar refractivity (Wildman–Crippen MR) is 116 cm³/mol. The summed E-state index contributed by atoms with van der Waals surface area (Å²) in [7, 11) is 3.36. The van der Waals surface area contributed by atoms with Crippen molar-refractivity contribution < 1.29 is 19.1 Å². The first-order valence-electron chi connectivity index (χ1n) is 9.49. The summed E-state index contributed by atoms with van der Waals surface area (Å²) in [5, 5.41) is 2.74. The molecule has 154 valence electrons. The van der Waals surface area contributed by atoms with E-state index in [0.29, 0.717) is 22.7 Å². The Bertz CT molecular complexity index is 1010.